The van der Waals surface area contributed by atoms with Gasteiger partial charge in [0.15, 0.2) is 0 Å². The van der Waals surface area contributed by atoms with E-state index in [1.807, 2.05) is 0 Å². The number of carboxylic acids is 1. The quantitative estimate of drug-likeness (QED) is 0.755. The summed E-state index contributed by atoms with van der Waals surface area (Å²) in [7, 11) is 1.76. The van der Waals surface area contributed by atoms with Crippen LogP contribution in [0.5, 0.6) is 0 Å². The van der Waals surface area contributed by atoms with Crippen LogP contribution in [0.2, 0.25) is 0 Å². The third-order valence-corrected chi connectivity index (χ3v) is 4.80. The Kier molecular flexibility index (Phi) is 3.93. The van der Waals surface area contributed by atoms with Crippen LogP contribution >= 0.6 is 11.8 Å². The maximum absolute atomic E-state index is 12.3. The fourth-order valence-corrected chi connectivity index (χ4v) is 3.95. The van der Waals surface area contributed by atoms with Crippen molar-refractivity contribution in [2.75, 3.05) is 12.8 Å². The van der Waals surface area contributed by atoms with Gasteiger partial charge in [0.25, 0.3) is 0 Å². The Balaban J connectivity index is 2.24. The number of rotatable bonds is 2. The van der Waals surface area contributed by atoms with Crippen molar-refractivity contribution in [2.45, 2.75) is 43.1 Å². The second-order valence-electron chi connectivity index (χ2n) is 4.49. The highest BCUT2D eigenvalue weighted by atomic mass is 32.2. The van der Waals surface area contributed by atoms with Gasteiger partial charge in [0, 0.05) is 0 Å². The zero-order valence-electron chi connectivity index (χ0n) is 9.89. The molecule has 3 atom stereocenters. The van der Waals surface area contributed by atoms with Gasteiger partial charge in [-0.3, -0.25) is 4.79 Å². The van der Waals surface area contributed by atoms with E-state index in [1.165, 1.54) is 0 Å². The highest BCUT2D eigenvalue weighted by Crippen LogP contribution is 2.34. The minimum atomic E-state index is -0.875. The highest BCUT2D eigenvalue weighted by Gasteiger charge is 2.42. The standard InChI is InChI=1S/C11H18N2O3S/c1-12-7-5-6-17-9-4-2-3-8(11(15)16)13(9)10(7)14/h7-9,12H,2-6H2,1H3,(H,15,16)/t7-,8-,9-/m0/s1. The van der Waals surface area contributed by atoms with Crippen LogP contribution in [0.4, 0.5) is 0 Å². The molecule has 0 aliphatic carbocycles. The summed E-state index contributed by atoms with van der Waals surface area (Å²) in [4.78, 5) is 25.2. The van der Waals surface area contributed by atoms with Gasteiger partial charge in [0.2, 0.25) is 5.91 Å². The van der Waals surface area contributed by atoms with E-state index in [0.29, 0.717) is 6.42 Å². The van der Waals surface area contributed by atoms with Gasteiger partial charge < -0.3 is 15.3 Å². The van der Waals surface area contributed by atoms with E-state index in [4.69, 9.17) is 0 Å². The summed E-state index contributed by atoms with van der Waals surface area (Å²) in [6, 6.07) is -0.866. The van der Waals surface area contributed by atoms with Crippen molar-refractivity contribution in [3.05, 3.63) is 0 Å². The lowest BCUT2D eigenvalue weighted by Gasteiger charge is -2.39. The monoisotopic (exact) mass is 258 g/mol. The van der Waals surface area contributed by atoms with E-state index in [0.717, 1.165) is 25.0 Å². The van der Waals surface area contributed by atoms with Gasteiger partial charge >= 0.3 is 5.97 Å². The van der Waals surface area contributed by atoms with Gasteiger partial charge in [0.05, 0.1) is 11.4 Å². The van der Waals surface area contributed by atoms with Crippen LogP contribution < -0.4 is 5.32 Å². The maximum Gasteiger partial charge on any atom is 0.326 e. The fraction of sp³-hybridized carbons (Fsp3) is 0.818. The van der Waals surface area contributed by atoms with Gasteiger partial charge in [0.1, 0.15) is 6.04 Å². The van der Waals surface area contributed by atoms with Gasteiger partial charge in [-0.2, -0.15) is 0 Å². The first-order chi connectivity index (χ1) is 8.15. The molecule has 0 aromatic carbocycles. The average Bonchev–Trinajstić information content (AvgIpc) is 2.48. The predicted octanol–water partition coefficient (Wildman–Crippen LogP) is 0.503. The summed E-state index contributed by atoms with van der Waals surface area (Å²) in [5, 5.41) is 12.3. The molecule has 0 aromatic heterocycles. The molecule has 2 saturated heterocycles. The number of piperidine rings is 1. The lowest BCUT2D eigenvalue weighted by atomic mass is 10.0. The maximum atomic E-state index is 12.3. The molecule has 2 aliphatic rings. The molecule has 2 fully saturated rings. The molecule has 2 heterocycles. The highest BCUT2D eigenvalue weighted by molar-refractivity contribution is 7.99. The van der Waals surface area contributed by atoms with Crippen molar-refractivity contribution in [1.29, 1.82) is 0 Å². The SMILES string of the molecule is CN[C@H]1CCS[C@H]2CCC[C@@H](C(=O)O)N2C1=O. The van der Waals surface area contributed by atoms with Crippen LogP contribution in [0.25, 0.3) is 0 Å². The van der Waals surface area contributed by atoms with Crippen molar-refractivity contribution >= 4 is 23.6 Å². The molecule has 1 amide bonds. The van der Waals surface area contributed by atoms with Crippen LogP contribution in [0, 0.1) is 0 Å². The van der Waals surface area contributed by atoms with Gasteiger partial charge in [-0.05, 0) is 38.5 Å². The second kappa shape index (κ2) is 5.27. The van der Waals surface area contributed by atoms with E-state index in [9.17, 15) is 14.7 Å². The first-order valence-electron chi connectivity index (χ1n) is 5.99. The molecule has 0 aromatic rings. The fourth-order valence-electron chi connectivity index (χ4n) is 2.56. The van der Waals surface area contributed by atoms with E-state index in [2.05, 4.69) is 5.32 Å². The van der Waals surface area contributed by atoms with Crippen molar-refractivity contribution in [1.82, 2.24) is 10.2 Å². The molecule has 2 aliphatic heterocycles. The number of fused-ring (bicyclic) bond motifs is 1. The zero-order chi connectivity index (χ0) is 12.4. The van der Waals surface area contributed by atoms with Crippen molar-refractivity contribution in [2.24, 2.45) is 0 Å². The Morgan fingerprint density at radius 1 is 1.47 bits per heavy atom. The minimum absolute atomic E-state index is 0.0467. The van der Waals surface area contributed by atoms with Crippen LogP contribution in [-0.4, -0.2) is 52.1 Å². The number of nitrogens with zero attached hydrogens (tertiary/aromatic N) is 1. The molecule has 17 heavy (non-hydrogen) atoms. The Labute approximate surface area is 105 Å². The molecule has 96 valence electrons. The summed E-state index contributed by atoms with van der Waals surface area (Å²) in [6.07, 6.45) is 3.16. The molecule has 2 N–H and O–H groups in total. The normalized spacial score (nSPS) is 34.1. The first kappa shape index (κ1) is 12.7. The number of hydrogen-bond donors (Lipinski definition) is 2. The first-order valence-corrected chi connectivity index (χ1v) is 7.04. The molecule has 2 rings (SSSR count). The molecule has 0 unspecified atom stereocenters. The number of likely N-dealkylation sites (N-methyl/N-ethyl adjacent to an activating group) is 1. The molecule has 0 bridgehead atoms. The number of thioether (sulfide) groups is 1. The predicted molar refractivity (Wildman–Crippen MR) is 65.8 cm³/mol. The third kappa shape index (κ3) is 2.42. The molecular weight excluding hydrogens is 240 g/mol. The second-order valence-corrected chi connectivity index (χ2v) is 5.77. The summed E-state index contributed by atoms with van der Waals surface area (Å²) < 4.78 is 0. The Morgan fingerprint density at radius 2 is 2.24 bits per heavy atom. The number of hydrogen-bond acceptors (Lipinski definition) is 4. The van der Waals surface area contributed by atoms with Crippen LogP contribution in [-0.2, 0) is 9.59 Å². The van der Waals surface area contributed by atoms with E-state index in [-0.39, 0.29) is 17.3 Å². The smallest absolute Gasteiger partial charge is 0.326 e. The number of carbonyl (C=O) groups excluding carboxylic acids is 1. The molecule has 0 radical (unpaired) electrons. The summed E-state index contributed by atoms with van der Waals surface area (Å²) in [6.45, 7) is 0. The Hall–Kier alpha value is -0.750. The van der Waals surface area contributed by atoms with Gasteiger partial charge in [-0.1, -0.05) is 0 Å². The van der Waals surface area contributed by atoms with Crippen molar-refractivity contribution in [3.63, 3.8) is 0 Å². The number of nitrogens with one attached hydrogen (secondary N) is 1. The van der Waals surface area contributed by atoms with Crippen LogP contribution in [0.3, 0.4) is 0 Å². The van der Waals surface area contributed by atoms with Crippen LogP contribution in [0.15, 0.2) is 0 Å². The van der Waals surface area contributed by atoms with Crippen LogP contribution in [0.1, 0.15) is 25.7 Å². The Morgan fingerprint density at radius 3 is 2.88 bits per heavy atom. The van der Waals surface area contributed by atoms with E-state index in [1.54, 1.807) is 23.7 Å². The Bertz CT molecular complexity index is 324. The van der Waals surface area contributed by atoms with Crippen molar-refractivity contribution < 1.29 is 14.7 Å². The largest absolute Gasteiger partial charge is 0.480 e. The summed E-state index contributed by atoms with van der Waals surface area (Å²) >= 11 is 1.71. The molecule has 0 spiro atoms. The summed E-state index contributed by atoms with van der Waals surface area (Å²) in [5.74, 6) is -0.0138. The van der Waals surface area contributed by atoms with Gasteiger partial charge in [-0.15, -0.1) is 11.8 Å². The van der Waals surface area contributed by atoms with E-state index >= 15 is 0 Å². The average molecular weight is 258 g/mol. The lowest BCUT2D eigenvalue weighted by Crippen LogP contribution is -2.56. The number of amides is 1. The molecule has 6 heteroatoms. The molecular formula is C11H18N2O3S. The molecule has 0 saturated carbocycles. The van der Waals surface area contributed by atoms with E-state index < -0.39 is 12.0 Å². The molecule has 5 nitrogen and oxygen atoms in total. The third-order valence-electron chi connectivity index (χ3n) is 3.48. The topological polar surface area (TPSA) is 69.6 Å². The summed E-state index contributed by atoms with van der Waals surface area (Å²) in [5.41, 5.74) is 0. The number of carboxylic acid groups (broad SMARTS) is 1. The number of aliphatic carboxylic acids is 1. The minimum Gasteiger partial charge on any atom is -0.480 e. The number of carbonyl (C=O) groups is 2. The van der Waals surface area contributed by atoms with Gasteiger partial charge in [-0.25, -0.2) is 4.79 Å². The zero-order valence-corrected chi connectivity index (χ0v) is 10.7. The van der Waals surface area contributed by atoms with Crippen molar-refractivity contribution in [3.8, 4) is 0 Å². The lowest BCUT2D eigenvalue weighted by molar-refractivity contribution is -0.153.